The third kappa shape index (κ3) is 4.55. The van der Waals surface area contributed by atoms with Crippen LogP contribution in [-0.4, -0.2) is 38.1 Å². The van der Waals surface area contributed by atoms with Gasteiger partial charge in [0.15, 0.2) is 5.76 Å². The maximum atomic E-state index is 6.37. The molecule has 0 spiro atoms. The topological polar surface area (TPSA) is 28.9 Å². The number of nitrogens with zero attached hydrogens (tertiary/aromatic N) is 2. The summed E-state index contributed by atoms with van der Waals surface area (Å²) in [4.78, 5) is 4.82. The van der Waals surface area contributed by atoms with Gasteiger partial charge in [0.05, 0.1) is 5.69 Å². The Bertz CT molecular complexity index is 1120. The molecule has 2 heterocycles. The van der Waals surface area contributed by atoms with Gasteiger partial charge in [0, 0.05) is 37.1 Å². The van der Waals surface area contributed by atoms with Crippen molar-refractivity contribution in [2.24, 2.45) is 0 Å². The fraction of sp³-hybridized carbons (Fsp3) is 0.231. The summed E-state index contributed by atoms with van der Waals surface area (Å²) >= 11 is 0. The molecule has 0 amide bonds. The Kier molecular flexibility index (Phi) is 6.50. The van der Waals surface area contributed by atoms with E-state index in [-0.39, 0.29) is 12.4 Å². The zero-order valence-electron chi connectivity index (χ0n) is 17.7. The summed E-state index contributed by atoms with van der Waals surface area (Å²) in [5.41, 5.74) is 4.34. The van der Waals surface area contributed by atoms with Crippen molar-refractivity contribution in [2.75, 3.05) is 38.1 Å². The van der Waals surface area contributed by atoms with Crippen LogP contribution in [0, 0.1) is 0 Å². The number of hydrogen-bond donors (Lipinski definition) is 0. The van der Waals surface area contributed by atoms with Crippen LogP contribution in [0.4, 0.5) is 5.69 Å². The van der Waals surface area contributed by atoms with Crippen molar-refractivity contribution in [3.63, 3.8) is 0 Å². The monoisotopic (exact) mass is 434 g/mol. The minimum Gasteiger partial charge on any atom is -0.489 e. The number of halogens is 1. The van der Waals surface area contributed by atoms with Gasteiger partial charge < -0.3 is 19.0 Å². The van der Waals surface area contributed by atoms with E-state index in [1.54, 1.807) is 0 Å². The van der Waals surface area contributed by atoms with Crippen molar-refractivity contribution in [3.8, 4) is 17.1 Å². The molecule has 0 radical (unpaired) electrons. The highest BCUT2D eigenvalue weighted by atomic mass is 35.5. The van der Waals surface area contributed by atoms with Crippen LogP contribution in [0.15, 0.2) is 83.3 Å². The number of anilines is 1. The first-order chi connectivity index (χ1) is 14.8. The van der Waals surface area contributed by atoms with Crippen LogP contribution in [0.25, 0.3) is 22.3 Å². The Hall–Kier alpha value is -2.95. The van der Waals surface area contributed by atoms with Gasteiger partial charge in [-0.3, -0.25) is 0 Å². The van der Waals surface area contributed by atoms with Crippen LogP contribution >= 0.6 is 12.4 Å². The molecule has 5 rings (SSSR count). The standard InChI is InChI=1S/C26H26N2O2.ClH/c1-27-14-16-28(17-15-27)25-23-18-22(29-19-20-8-4-2-5-9-20)12-13-24(23)30-26(25)21-10-6-3-7-11-21;/h2-13,18H,14-17,19H2,1H3;1H. The van der Waals surface area contributed by atoms with E-state index in [0.717, 1.165) is 59.8 Å². The van der Waals surface area contributed by atoms with Crippen LogP contribution < -0.4 is 9.64 Å². The van der Waals surface area contributed by atoms with Gasteiger partial charge in [0.1, 0.15) is 17.9 Å². The molecule has 1 aliphatic rings. The first kappa shape index (κ1) is 21.3. The molecule has 0 unspecified atom stereocenters. The van der Waals surface area contributed by atoms with Crippen LogP contribution in [0.5, 0.6) is 5.75 Å². The van der Waals surface area contributed by atoms with Gasteiger partial charge in [-0.2, -0.15) is 0 Å². The minimum atomic E-state index is 0. The molecule has 1 aromatic heterocycles. The molecule has 4 aromatic rings. The second kappa shape index (κ2) is 9.46. The molecule has 1 aliphatic heterocycles. The normalized spacial score (nSPS) is 14.4. The van der Waals surface area contributed by atoms with E-state index in [0.29, 0.717) is 6.61 Å². The molecule has 1 fully saturated rings. The molecule has 4 nitrogen and oxygen atoms in total. The lowest BCUT2D eigenvalue weighted by Crippen LogP contribution is -2.44. The number of fused-ring (bicyclic) bond motifs is 1. The summed E-state index contributed by atoms with van der Waals surface area (Å²) in [6.07, 6.45) is 0. The molecule has 3 aromatic carbocycles. The van der Waals surface area contributed by atoms with Crippen LogP contribution in [0.1, 0.15) is 5.56 Å². The zero-order chi connectivity index (χ0) is 20.3. The summed E-state index contributed by atoms with van der Waals surface area (Å²) in [7, 11) is 2.18. The van der Waals surface area contributed by atoms with E-state index < -0.39 is 0 Å². The molecular formula is C26H27ClN2O2. The minimum absolute atomic E-state index is 0. The smallest absolute Gasteiger partial charge is 0.158 e. The maximum absolute atomic E-state index is 6.37. The number of piperazine rings is 1. The number of likely N-dealkylation sites (N-methyl/N-ethyl adjacent to an activating group) is 1. The van der Waals surface area contributed by atoms with Crippen molar-refractivity contribution in [1.29, 1.82) is 0 Å². The molecule has 0 bridgehead atoms. The summed E-state index contributed by atoms with van der Waals surface area (Å²) in [5.74, 6) is 1.80. The van der Waals surface area contributed by atoms with Crippen LogP contribution in [-0.2, 0) is 6.61 Å². The van der Waals surface area contributed by atoms with E-state index in [4.69, 9.17) is 9.15 Å². The van der Waals surface area contributed by atoms with Crippen LogP contribution in [0.3, 0.4) is 0 Å². The first-order valence-electron chi connectivity index (χ1n) is 10.5. The highest BCUT2D eigenvalue weighted by Gasteiger charge is 2.24. The highest BCUT2D eigenvalue weighted by molar-refractivity contribution is 6.00. The molecule has 0 aliphatic carbocycles. The fourth-order valence-electron chi connectivity index (χ4n) is 4.02. The second-order valence-electron chi connectivity index (χ2n) is 7.87. The Morgan fingerprint density at radius 2 is 1.52 bits per heavy atom. The summed E-state index contributed by atoms with van der Waals surface area (Å²) in [5, 5.41) is 1.11. The SMILES string of the molecule is CN1CCN(c2c(-c3ccccc3)oc3ccc(OCc4ccccc4)cc23)CC1.Cl. The number of benzene rings is 3. The van der Waals surface area contributed by atoms with Crippen LogP contribution in [0.2, 0.25) is 0 Å². The van der Waals surface area contributed by atoms with Gasteiger partial charge in [-0.1, -0.05) is 60.7 Å². The number of ether oxygens (including phenoxy) is 1. The quantitative estimate of drug-likeness (QED) is 0.394. The predicted octanol–water partition coefficient (Wildman–Crippen LogP) is 5.85. The van der Waals surface area contributed by atoms with E-state index in [2.05, 4.69) is 59.3 Å². The highest BCUT2D eigenvalue weighted by Crippen LogP contribution is 2.42. The maximum Gasteiger partial charge on any atom is 0.158 e. The first-order valence-corrected chi connectivity index (χ1v) is 10.5. The van der Waals surface area contributed by atoms with E-state index in [1.165, 1.54) is 5.69 Å². The van der Waals surface area contributed by atoms with Gasteiger partial charge in [-0.15, -0.1) is 12.4 Å². The summed E-state index contributed by atoms with van der Waals surface area (Å²) in [6, 6.07) is 26.8. The predicted molar refractivity (Wildman–Crippen MR) is 129 cm³/mol. The molecule has 0 N–H and O–H groups in total. The van der Waals surface area contributed by atoms with Crippen molar-refractivity contribution in [2.45, 2.75) is 6.61 Å². The van der Waals surface area contributed by atoms with Gasteiger partial charge >= 0.3 is 0 Å². The fourth-order valence-corrected chi connectivity index (χ4v) is 4.02. The molecule has 0 saturated carbocycles. The lowest BCUT2D eigenvalue weighted by atomic mass is 10.1. The second-order valence-corrected chi connectivity index (χ2v) is 7.87. The van der Waals surface area contributed by atoms with Gasteiger partial charge in [0.2, 0.25) is 0 Å². The molecular weight excluding hydrogens is 408 g/mol. The zero-order valence-corrected chi connectivity index (χ0v) is 18.5. The third-order valence-electron chi connectivity index (χ3n) is 5.74. The van der Waals surface area contributed by atoms with Crippen molar-refractivity contribution < 1.29 is 9.15 Å². The van der Waals surface area contributed by atoms with Crippen molar-refractivity contribution in [1.82, 2.24) is 4.90 Å². The van der Waals surface area contributed by atoms with Crippen molar-refractivity contribution in [3.05, 3.63) is 84.4 Å². The molecule has 0 atom stereocenters. The Morgan fingerprint density at radius 1 is 0.839 bits per heavy atom. The van der Waals surface area contributed by atoms with Gasteiger partial charge in [-0.05, 0) is 30.8 Å². The van der Waals surface area contributed by atoms with E-state index in [9.17, 15) is 0 Å². The number of furan rings is 1. The van der Waals surface area contributed by atoms with Crippen molar-refractivity contribution >= 4 is 29.1 Å². The van der Waals surface area contributed by atoms with E-state index >= 15 is 0 Å². The molecule has 31 heavy (non-hydrogen) atoms. The Labute approximate surface area is 189 Å². The largest absolute Gasteiger partial charge is 0.489 e. The van der Waals surface area contributed by atoms with E-state index in [1.807, 2.05) is 36.4 Å². The lowest BCUT2D eigenvalue weighted by molar-refractivity contribution is 0.306. The molecule has 1 saturated heterocycles. The summed E-state index contributed by atoms with van der Waals surface area (Å²) < 4.78 is 12.5. The molecule has 5 heteroatoms. The third-order valence-corrected chi connectivity index (χ3v) is 5.74. The van der Waals surface area contributed by atoms with Gasteiger partial charge in [0.25, 0.3) is 0 Å². The average Bonchev–Trinajstić information content (AvgIpc) is 3.18. The number of hydrogen-bond acceptors (Lipinski definition) is 4. The number of rotatable bonds is 5. The summed E-state index contributed by atoms with van der Waals surface area (Å²) in [6.45, 7) is 4.62. The molecule has 160 valence electrons. The average molecular weight is 435 g/mol. The van der Waals surface area contributed by atoms with Gasteiger partial charge in [-0.25, -0.2) is 0 Å². The Balaban J connectivity index is 0.00000231. The Morgan fingerprint density at radius 3 is 2.23 bits per heavy atom. The lowest BCUT2D eigenvalue weighted by Gasteiger charge is -2.34.